The van der Waals surface area contributed by atoms with Gasteiger partial charge in [0.05, 0.1) is 22.3 Å². The lowest BCUT2D eigenvalue weighted by Gasteiger charge is -2.14. The number of benzene rings is 3. The van der Waals surface area contributed by atoms with Gasteiger partial charge in [-0.15, -0.1) is 0 Å². The number of carbonyl (C=O) groups is 1. The average molecular weight is 541 g/mol. The highest BCUT2D eigenvalue weighted by atomic mass is 127. The van der Waals surface area contributed by atoms with Crippen molar-refractivity contribution >= 4 is 56.9 Å². The van der Waals surface area contributed by atoms with Crippen LogP contribution in [0.2, 0.25) is 0 Å². The maximum absolute atomic E-state index is 13.3. The van der Waals surface area contributed by atoms with Gasteiger partial charge in [0.25, 0.3) is 5.56 Å². The highest BCUT2D eigenvalue weighted by Gasteiger charge is 2.15. The third-order valence-corrected chi connectivity index (χ3v) is 6.40. The second kappa shape index (κ2) is 9.65. The lowest BCUT2D eigenvalue weighted by atomic mass is 10.1. The molecule has 0 aliphatic carbocycles. The SMILES string of the molecule is CCc1ccc(-n2c(SCC(=O)Nc3cccc(I)c3)nc3ccccc3c2=O)cc1. The Morgan fingerprint density at radius 2 is 1.84 bits per heavy atom. The molecule has 3 aromatic carbocycles. The predicted octanol–water partition coefficient (Wildman–Crippen LogP) is 5.28. The van der Waals surface area contributed by atoms with Crippen molar-refractivity contribution in [3.63, 3.8) is 0 Å². The normalized spacial score (nSPS) is 10.9. The maximum atomic E-state index is 13.3. The van der Waals surface area contributed by atoms with E-state index in [1.807, 2.05) is 66.7 Å². The zero-order valence-corrected chi connectivity index (χ0v) is 19.8. The number of para-hydroxylation sites is 1. The summed E-state index contributed by atoms with van der Waals surface area (Å²) in [5.74, 6) is -0.00850. The number of aryl methyl sites for hydroxylation is 1. The fraction of sp³-hybridized carbons (Fsp3) is 0.125. The molecule has 0 atom stereocenters. The van der Waals surface area contributed by atoms with Crippen molar-refractivity contribution in [2.24, 2.45) is 0 Å². The molecule has 4 rings (SSSR count). The molecule has 0 aliphatic rings. The molecule has 0 unspecified atom stereocenters. The molecule has 31 heavy (non-hydrogen) atoms. The minimum atomic E-state index is -0.151. The number of thioether (sulfide) groups is 1. The second-order valence-corrected chi connectivity index (χ2v) is 9.11. The van der Waals surface area contributed by atoms with Crippen LogP contribution in [0.1, 0.15) is 12.5 Å². The van der Waals surface area contributed by atoms with Crippen LogP contribution in [0, 0.1) is 3.57 Å². The first-order chi connectivity index (χ1) is 15.0. The molecular formula is C24H20IN3O2S. The Balaban J connectivity index is 1.67. The molecule has 5 nitrogen and oxygen atoms in total. The molecule has 0 saturated heterocycles. The summed E-state index contributed by atoms with van der Waals surface area (Å²) in [6.45, 7) is 2.09. The van der Waals surface area contributed by atoms with Crippen LogP contribution in [-0.2, 0) is 11.2 Å². The Bertz CT molecular complexity index is 1300. The smallest absolute Gasteiger partial charge is 0.266 e. The van der Waals surface area contributed by atoms with Crippen molar-refractivity contribution in [2.45, 2.75) is 18.5 Å². The van der Waals surface area contributed by atoms with Crippen molar-refractivity contribution in [1.29, 1.82) is 0 Å². The van der Waals surface area contributed by atoms with Gasteiger partial charge in [-0.3, -0.25) is 14.2 Å². The van der Waals surface area contributed by atoms with Gasteiger partial charge in [-0.1, -0.05) is 49.0 Å². The summed E-state index contributed by atoms with van der Waals surface area (Å²) in [5.41, 5.74) is 3.15. The molecule has 4 aromatic rings. The highest BCUT2D eigenvalue weighted by molar-refractivity contribution is 14.1. The largest absolute Gasteiger partial charge is 0.325 e. The van der Waals surface area contributed by atoms with Gasteiger partial charge < -0.3 is 5.32 Å². The molecule has 1 N–H and O–H groups in total. The molecule has 0 aliphatic heterocycles. The monoisotopic (exact) mass is 541 g/mol. The summed E-state index contributed by atoms with van der Waals surface area (Å²) in [7, 11) is 0. The fourth-order valence-corrected chi connectivity index (χ4v) is 4.57. The van der Waals surface area contributed by atoms with E-state index in [-0.39, 0.29) is 17.2 Å². The van der Waals surface area contributed by atoms with Gasteiger partial charge in [-0.25, -0.2) is 4.98 Å². The Kier molecular flexibility index (Phi) is 6.72. The molecule has 0 fully saturated rings. The van der Waals surface area contributed by atoms with E-state index >= 15 is 0 Å². The molecule has 1 amide bonds. The Morgan fingerprint density at radius 1 is 1.06 bits per heavy atom. The fourth-order valence-electron chi connectivity index (χ4n) is 3.21. The van der Waals surface area contributed by atoms with Crippen molar-refractivity contribution < 1.29 is 4.79 Å². The van der Waals surface area contributed by atoms with Crippen molar-refractivity contribution in [2.75, 3.05) is 11.1 Å². The van der Waals surface area contributed by atoms with Crippen molar-refractivity contribution in [3.05, 3.63) is 92.3 Å². The van der Waals surface area contributed by atoms with E-state index in [2.05, 4.69) is 34.8 Å². The summed E-state index contributed by atoms with van der Waals surface area (Å²) in [6, 6.07) is 22.8. The molecule has 0 radical (unpaired) electrons. The third kappa shape index (κ3) is 4.99. The molecule has 0 saturated carbocycles. The number of nitrogens with one attached hydrogen (secondary N) is 1. The zero-order valence-electron chi connectivity index (χ0n) is 16.8. The number of rotatable bonds is 6. The van der Waals surface area contributed by atoms with Crippen LogP contribution >= 0.6 is 34.4 Å². The summed E-state index contributed by atoms with van der Waals surface area (Å²) in [5, 5.41) is 3.94. The minimum Gasteiger partial charge on any atom is -0.325 e. The zero-order chi connectivity index (χ0) is 21.8. The topological polar surface area (TPSA) is 64.0 Å². The van der Waals surface area contributed by atoms with Gasteiger partial charge >= 0.3 is 0 Å². The molecule has 0 bridgehead atoms. The maximum Gasteiger partial charge on any atom is 0.266 e. The molecule has 0 spiro atoms. The van der Waals surface area contributed by atoms with Crippen LogP contribution in [0.15, 0.2) is 82.7 Å². The van der Waals surface area contributed by atoms with E-state index in [0.29, 0.717) is 16.1 Å². The lowest BCUT2D eigenvalue weighted by Crippen LogP contribution is -2.23. The standard InChI is InChI=1S/C24H20IN3O2S/c1-2-16-10-12-19(13-11-16)28-23(30)20-8-3-4-9-21(20)27-24(28)31-15-22(29)26-18-7-5-6-17(25)14-18/h3-14H,2,15H2,1H3,(H,26,29). The van der Waals surface area contributed by atoms with Gasteiger partial charge in [0.15, 0.2) is 5.16 Å². The number of amides is 1. The highest BCUT2D eigenvalue weighted by Crippen LogP contribution is 2.22. The summed E-state index contributed by atoms with van der Waals surface area (Å²) in [4.78, 5) is 30.5. The van der Waals surface area contributed by atoms with Gasteiger partial charge in [0.2, 0.25) is 5.91 Å². The number of carbonyl (C=O) groups excluding carboxylic acids is 1. The van der Waals surface area contributed by atoms with Gasteiger partial charge in [-0.05, 0) is 77.0 Å². The van der Waals surface area contributed by atoms with Crippen molar-refractivity contribution in [1.82, 2.24) is 9.55 Å². The van der Waals surface area contributed by atoms with Crippen LogP contribution < -0.4 is 10.9 Å². The second-order valence-electron chi connectivity index (χ2n) is 6.92. The lowest BCUT2D eigenvalue weighted by molar-refractivity contribution is -0.113. The van der Waals surface area contributed by atoms with E-state index in [0.717, 1.165) is 21.4 Å². The first-order valence-corrected chi connectivity index (χ1v) is 11.9. The van der Waals surface area contributed by atoms with E-state index in [1.54, 1.807) is 10.6 Å². The van der Waals surface area contributed by atoms with Crippen LogP contribution in [0.3, 0.4) is 0 Å². The molecular weight excluding hydrogens is 521 g/mol. The number of halogens is 1. The summed E-state index contributed by atoms with van der Waals surface area (Å²) < 4.78 is 2.63. The van der Waals surface area contributed by atoms with E-state index in [9.17, 15) is 9.59 Å². The first kappa shape index (κ1) is 21.6. The average Bonchev–Trinajstić information content (AvgIpc) is 2.78. The van der Waals surface area contributed by atoms with E-state index in [4.69, 9.17) is 4.98 Å². The Hall–Kier alpha value is -2.65. The van der Waals surface area contributed by atoms with E-state index < -0.39 is 0 Å². The number of aromatic nitrogens is 2. The molecule has 7 heteroatoms. The minimum absolute atomic E-state index is 0.142. The first-order valence-electron chi connectivity index (χ1n) is 9.84. The van der Waals surface area contributed by atoms with E-state index in [1.165, 1.54) is 17.3 Å². The number of nitrogens with zero attached hydrogens (tertiary/aromatic N) is 2. The number of fused-ring (bicyclic) bond motifs is 1. The summed E-state index contributed by atoms with van der Waals surface area (Å²) in [6.07, 6.45) is 0.922. The van der Waals surface area contributed by atoms with Gasteiger partial charge in [0, 0.05) is 9.26 Å². The Labute approximate surface area is 198 Å². The number of hydrogen-bond acceptors (Lipinski definition) is 4. The van der Waals surface area contributed by atoms with Crippen LogP contribution in [0.5, 0.6) is 0 Å². The summed E-state index contributed by atoms with van der Waals surface area (Å²) >= 11 is 3.46. The van der Waals surface area contributed by atoms with Gasteiger partial charge in [0.1, 0.15) is 0 Å². The third-order valence-electron chi connectivity index (χ3n) is 4.79. The van der Waals surface area contributed by atoms with Crippen molar-refractivity contribution in [3.8, 4) is 5.69 Å². The predicted molar refractivity (Wildman–Crippen MR) is 135 cm³/mol. The van der Waals surface area contributed by atoms with Crippen LogP contribution in [0.25, 0.3) is 16.6 Å². The Morgan fingerprint density at radius 3 is 2.58 bits per heavy atom. The van der Waals surface area contributed by atoms with Gasteiger partial charge in [-0.2, -0.15) is 0 Å². The van der Waals surface area contributed by atoms with Crippen LogP contribution in [-0.4, -0.2) is 21.2 Å². The number of anilines is 1. The molecule has 156 valence electrons. The molecule has 1 heterocycles. The quantitative estimate of drug-likeness (QED) is 0.205. The molecule has 1 aromatic heterocycles. The van der Waals surface area contributed by atoms with Crippen LogP contribution in [0.4, 0.5) is 5.69 Å². The number of hydrogen-bond donors (Lipinski definition) is 1.